The number of benzene rings is 2. The Morgan fingerprint density at radius 2 is 1.86 bits per heavy atom. The molecule has 0 heterocycles. The molecule has 21 heavy (non-hydrogen) atoms. The summed E-state index contributed by atoms with van der Waals surface area (Å²) in [6.45, 7) is 2.53. The fourth-order valence-corrected chi connectivity index (χ4v) is 1.94. The minimum Gasteiger partial charge on any atom is -0.497 e. The first-order valence-corrected chi connectivity index (χ1v) is 6.98. The van der Waals surface area contributed by atoms with E-state index >= 15 is 0 Å². The quantitative estimate of drug-likeness (QED) is 0.851. The van der Waals surface area contributed by atoms with Crippen molar-refractivity contribution in [3.63, 3.8) is 0 Å². The van der Waals surface area contributed by atoms with E-state index in [1.54, 1.807) is 7.11 Å². The summed E-state index contributed by atoms with van der Waals surface area (Å²) < 4.78 is 5.21. The maximum Gasteiger partial charge on any atom is 0.224 e. The van der Waals surface area contributed by atoms with E-state index in [4.69, 9.17) is 4.74 Å². The second-order valence-corrected chi connectivity index (χ2v) is 4.69. The number of nitrogens with one attached hydrogen (secondary N) is 2. The molecule has 0 unspecified atom stereocenters. The van der Waals surface area contributed by atoms with Gasteiger partial charge in [-0.3, -0.25) is 4.79 Å². The Bertz CT molecular complexity index is 611. The number of anilines is 2. The monoisotopic (exact) mass is 284 g/mol. The lowest BCUT2D eigenvalue weighted by atomic mass is 10.2. The summed E-state index contributed by atoms with van der Waals surface area (Å²) in [5, 5.41) is 6.19. The van der Waals surface area contributed by atoms with Crippen LogP contribution in [0.15, 0.2) is 48.5 Å². The molecule has 0 fully saturated rings. The second kappa shape index (κ2) is 7.33. The normalized spacial score (nSPS) is 10.0. The molecule has 0 aliphatic carbocycles. The number of rotatable bonds is 6. The topological polar surface area (TPSA) is 50.4 Å². The van der Waals surface area contributed by atoms with Crippen LogP contribution < -0.4 is 15.4 Å². The van der Waals surface area contributed by atoms with Crippen LogP contribution in [0.4, 0.5) is 11.4 Å². The van der Waals surface area contributed by atoms with Gasteiger partial charge in [0.1, 0.15) is 5.75 Å². The van der Waals surface area contributed by atoms with Crippen molar-refractivity contribution in [2.75, 3.05) is 17.7 Å². The highest BCUT2D eigenvalue weighted by Crippen LogP contribution is 2.18. The van der Waals surface area contributed by atoms with Crippen molar-refractivity contribution >= 4 is 17.3 Å². The lowest BCUT2D eigenvalue weighted by Crippen LogP contribution is -2.09. The summed E-state index contributed by atoms with van der Waals surface area (Å²) in [7, 11) is 1.66. The zero-order valence-electron chi connectivity index (χ0n) is 12.3. The number of carbonyl (C=O) groups is 1. The molecular formula is C17H20N2O2. The molecule has 0 bridgehead atoms. The zero-order valence-corrected chi connectivity index (χ0v) is 12.3. The summed E-state index contributed by atoms with van der Waals surface area (Å²) in [5.41, 5.74) is 2.90. The fraction of sp³-hybridized carbons (Fsp3) is 0.235. The van der Waals surface area contributed by atoms with E-state index in [-0.39, 0.29) is 5.91 Å². The number of hydrogen-bond acceptors (Lipinski definition) is 3. The number of hydrogen-bond donors (Lipinski definition) is 2. The van der Waals surface area contributed by atoms with Gasteiger partial charge in [-0.15, -0.1) is 0 Å². The van der Waals surface area contributed by atoms with E-state index in [1.165, 1.54) is 0 Å². The Balaban J connectivity index is 1.99. The standard InChI is InChI=1S/C17H20N2O2/c1-3-17(20)19-15-8-5-7-14(11-15)18-12-13-6-4-9-16(10-13)21-2/h4-11,18H,3,12H2,1-2H3,(H,19,20). The van der Waals surface area contributed by atoms with Gasteiger partial charge in [0.15, 0.2) is 0 Å². The minimum absolute atomic E-state index is 0.0138. The highest BCUT2D eigenvalue weighted by molar-refractivity contribution is 5.90. The SMILES string of the molecule is CCC(=O)Nc1cccc(NCc2cccc(OC)c2)c1. The smallest absolute Gasteiger partial charge is 0.224 e. The van der Waals surface area contributed by atoms with Gasteiger partial charge in [0.2, 0.25) is 5.91 Å². The van der Waals surface area contributed by atoms with Crippen molar-refractivity contribution in [3.05, 3.63) is 54.1 Å². The molecule has 2 N–H and O–H groups in total. The van der Waals surface area contributed by atoms with Crippen LogP contribution >= 0.6 is 0 Å². The van der Waals surface area contributed by atoms with Gasteiger partial charge >= 0.3 is 0 Å². The van der Waals surface area contributed by atoms with Gasteiger partial charge in [0.05, 0.1) is 7.11 Å². The van der Waals surface area contributed by atoms with Crippen molar-refractivity contribution in [2.45, 2.75) is 19.9 Å². The highest BCUT2D eigenvalue weighted by Gasteiger charge is 2.01. The Kier molecular flexibility index (Phi) is 5.21. The van der Waals surface area contributed by atoms with Gasteiger partial charge in [0.25, 0.3) is 0 Å². The first-order valence-electron chi connectivity index (χ1n) is 6.98. The lowest BCUT2D eigenvalue weighted by Gasteiger charge is -2.10. The first-order chi connectivity index (χ1) is 10.2. The van der Waals surface area contributed by atoms with Gasteiger partial charge < -0.3 is 15.4 Å². The van der Waals surface area contributed by atoms with E-state index in [0.717, 1.165) is 22.7 Å². The molecule has 0 aliphatic heterocycles. The summed E-state index contributed by atoms with van der Waals surface area (Å²) >= 11 is 0. The molecule has 0 spiro atoms. The average molecular weight is 284 g/mol. The maximum absolute atomic E-state index is 11.4. The zero-order chi connectivity index (χ0) is 15.1. The summed E-state index contributed by atoms with van der Waals surface area (Å²) in [4.78, 5) is 11.4. The van der Waals surface area contributed by atoms with Gasteiger partial charge in [-0.05, 0) is 35.9 Å². The molecule has 0 aromatic heterocycles. The highest BCUT2D eigenvalue weighted by atomic mass is 16.5. The molecule has 0 radical (unpaired) electrons. The summed E-state index contributed by atoms with van der Waals surface area (Å²) in [6.07, 6.45) is 0.474. The van der Waals surface area contributed by atoms with Gasteiger partial charge in [-0.2, -0.15) is 0 Å². The number of ether oxygens (including phenoxy) is 1. The third kappa shape index (κ3) is 4.53. The Morgan fingerprint density at radius 1 is 1.10 bits per heavy atom. The van der Waals surface area contributed by atoms with Crippen molar-refractivity contribution in [3.8, 4) is 5.75 Å². The van der Waals surface area contributed by atoms with E-state index in [1.807, 2.05) is 55.5 Å². The van der Waals surface area contributed by atoms with Crippen LogP contribution in [0.2, 0.25) is 0 Å². The number of amides is 1. The van der Waals surface area contributed by atoms with Crippen LogP contribution in [-0.4, -0.2) is 13.0 Å². The molecule has 0 aliphatic rings. The van der Waals surface area contributed by atoms with Crippen molar-refractivity contribution in [1.29, 1.82) is 0 Å². The van der Waals surface area contributed by atoms with E-state index in [0.29, 0.717) is 13.0 Å². The van der Waals surface area contributed by atoms with Gasteiger partial charge in [-0.1, -0.05) is 25.1 Å². The molecule has 0 saturated carbocycles. The Labute approximate surface area is 125 Å². The maximum atomic E-state index is 11.4. The predicted octanol–water partition coefficient (Wildman–Crippen LogP) is 3.66. The number of carbonyl (C=O) groups excluding carboxylic acids is 1. The van der Waals surface area contributed by atoms with E-state index in [9.17, 15) is 4.79 Å². The Morgan fingerprint density at radius 3 is 2.62 bits per heavy atom. The predicted molar refractivity (Wildman–Crippen MR) is 85.7 cm³/mol. The molecule has 4 heteroatoms. The van der Waals surface area contributed by atoms with Crippen LogP contribution in [0.3, 0.4) is 0 Å². The lowest BCUT2D eigenvalue weighted by molar-refractivity contribution is -0.115. The molecule has 2 aromatic carbocycles. The molecule has 0 atom stereocenters. The second-order valence-electron chi connectivity index (χ2n) is 4.69. The van der Waals surface area contributed by atoms with Gasteiger partial charge in [0, 0.05) is 24.3 Å². The molecule has 2 aromatic rings. The van der Waals surface area contributed by atoms with Crippen LogP contribution in [0.25, 0.3) is 0 Å². The third-order valence-corrected chi connectivity index (χ3v) is 3.10. The molecule has 0 saturated heterocycles. The largest absolute Gasteiger partial charge is 0.497 e. The average Bonchev–Trinajstić information content (AvgIpc) is 2.53. The van der Waals surface area contributed by atoms with Gasteiger partial charge in [-0.25, -0.2) is 0 Å². The summed E-state index contributed by atoms with van der Waals surface area (Å²) in [5.74, 6) is 0.859. The number of methoxy groups -OCH3 is 1. The van der Waals surface area contributed by atoms with Crippen LogP contribution in [0, 0.1) is 0 Å². The molecule has 110 valence electrons. The fourth-order valence-electron chi connectivity index (χ4n) is 1.94. The molecule has 4 nitrogen and oxygen atoms in total. The van der Waals surface area contributed by atoms with Crippen LogP contribution in [-0.2, 0) is 11.3 Å². The minimum atomic E-state index is 0.0138. The van der Waals surface area contributed by atoms with Crippen molar-refractivity contribution in [1.82, 2.24) is 0 Å². The van der Waals surface area contributed by atoms with Crippen LogP contribution in [0.5, 0.6) is 5.75 Å². The van der Waals surface area contributed by atoms with Crippen LogP contribution in [0.1, 0.15) is 18.9 Å². The summed E-state index contributed by atoms with van der Waals surface area (Å²) in [6, 6.07) is 15.6. The van der Waals surface area contributed by atoms with E-state index in [2.05, 4.69) is 10.6 Å². The van der Waals surface area contributed by atoms with Crippen molar-refractivity contribution < 1.29 is 9.53 Å². The Hall–Kier alpha value is -2.49. The molecular weight excluding hydrogens is 264 g/mol. The third-order valence-electron chi connectivity index (χ3n) is 3.10. The first kappa shape index (κ1) is 14.9. The van der Waals surface area contributed by atoms with Crippen molar-refractivity contribution in [2.24, 2.45) is 0 Å². The van der Waals surface area contributed by atoms with E-state index < -0.39 is 0 Å². The molecule has 1 amide bonds. The molecule has 2 rings (SSSR count).